The SMILES string of the molecule is C[C@H](Nc1nnc(-c2cccc(-c3nnc[nH]3)c2)o1)C(=O)N1CCC2(CC1)CC2. The highest BCUT2D eigenvalue weighted by atomic mass is 16.4. The lowest BCUT2D eigenvalue weighted by Gasteiger charge is -2.33. The third-order valence-electron chi connectivity index (χ3n) is 6.03. The number of nitrogens with one attached hydrogen (secondary N) is 2. The second kappa shape index (κ2) is 6.98. The normalized spacial score (nSPS) is 18.6. The second-order valence-electron chi connectivity index (χ2n) is 8.02. The van der Waals surface area contributed by atoms with Crippen molar-refractivity contribution in [2.24, 2.45) is 5.41 Å². The molecule has 0 bridgehead atoms. The zero-order valence-electron chi connectivity index (χ0n) is 16.3. The molecule has 1 aromatic carbocycles. The van der Waals surface area contributed by atoms with Crippen molar-refractivity contribution >= 4 is 11.9 Å². The summed E-state index contributed by atoms with van der Waals surface area (Å²) >= 11 is 0. The van der Waals surface area contributed by atoms with E-state index in [0.717, 1.165) is 37.1 Å². The smallest absolute Gasteiger partial charge is 0.316 e. The fourth-order valence-corrected chi connectivity index (χ4v) is 3.94. The van der Waals surface area contributed by atoms with Crippen LogP contribution in [0.15, 0.2) is 35.0 Å². The predicted octanol–water partition coefficient (Wildman–Crippen LogP) is 2.72. The minimum absolute atomic E-state index is 0.0765. The molecular formula is C20H23N7O2. The summed E-state index contributed by atoms with van der Waals surface area (Å²) in [4.78, 5) is 17.7. The molecule has 2 aliphatic rings. The zero-order chi connectivity index (χ0) is 19.8. The molecule has 0 radical (unpaired) electrons. The van der Waals surface area contributed by atoms with Gasteiger partial charge >= 0.3 is 6.01 Å². The fraction of sp³-hybridized carbons (Fsp3) is 0.450. The second-order valence-corrected chi connectivity index (χ2v) is 8.02. The number of nitrogens with zero attached hydrogens (tertiary/aromatic N) is 5. The highest BCUT2D eigenvalue weighted by Gasteiger charge is 2.45. The molecule has 1 aliphatic heterocycles. The van der Waals surface area contributed by atoms with E-state index in [1.165, 1.54) is 19.2 Å². The van der Waals surface area contributed by atoms with Gasteiger partial charge < -0.3 is 19.6 Å². The number of hydrogen-bond donors (Lipinski definition) is 2. The third kappa shape index (κ3) is 3.59. The van der Waals surface area contributed by atoms with Crippen molar-refractivity contribution in [1.82, 2.24) is 30.3 Å². The van der Waals surface area contributed by atoms with Crippen molar-refractivity contribution < 1.29 is 9.21 Å². The first-order valence-electron chi connectivity index (χ1n) is 9.98. The quantitative estimate of drug-likeness (QED) is 0.685. The molecule has 1 spiro atoms. The van der Waals surface area contributed by atoms with Gasteiger partial charge in [-0.3, -0.25) is 4.79 Å². The van der Waals surface area contributed by atoms with Crippen LogP contribution in [0, 0.1) is 5.41 Å². The number of carbonyl (C=O) groups excluding carboxylic acids is 1. The number of aromatic amines is 1. The van der Waals surface area contributed by atoms with Crippen molar-refractivity contribution in [2.45, 2.75) is 38.6 Å². The first kappa shape index (κ1) is 17.8. The Morgan fingerprint density at radius 1 is 1.17 bits per heavy atom. The average molecular weight is 393 g/mol. The van der Waals surface area contributed by atoms with Crippen molar-refractivity contribution in [2.75, 3.05) is 18.4 Å². The van der Waals surface area contributed by atoms with Crippen LogP contribution in [0.4, 0.5) is 6.01 Å². The highest BCUT2D eigenvalue weighted by Crippen LogP contribution is 2.53. The molecule has 150 valence electrons. The minimum Gasteiger partial charge on any atom is -0.403 e. The molecule has 29 heavy (non-hydrogen) atoms. The van der Waals surface area contributed by atoms with Gasteiger partial charge in [-0.05, 0) is 50.2 Å². The van der Waals surface area contributed by atoms with Crippen molar-refractivity contribution in [3.63, 3.8) is 0 Å². The van der Waals surface area contributed by atoms with E-state index in [2.05, 4.69) is 30.7 Å². The summed E-state index contributed by atoms with van der Waals surface area (Å²) in [5, 5.41) is 19.0. The molecule has 9 nitrogen and oxygen atoms in total. The molecule has 3 aromatic rings. The van der Waals surface area contributed by atoms with Gasteiger partial charge in [-0.25, -0.2) is 0 Å². The van der Waals surface area contributed by atoms with Gasteiger partial charge in [0.15, 0.2) is 5.82 Å². The Balaban J connectivity index is 1.24. The van der Waals surface area contributed by atoms with Gasteiger partial charge in [0, 0.05) is 24.2 Å². The molecule has 9 heteroatoms. The number of rotatable bonds is 5. The summed E-state index contributed by atoms with van der Waals surface area (Å²) in [5.74, 6) is 1.12. The monoisotopic (exact) mass is 393 g/mol. The van der Waals surface area contributed by atoms with Crippen molar-refractivity contribution in [1.29, 1.82) is 0 Å². The number of likely N-dealkylation sites (tertiary alicyclic amines) is 1. The maximum absolute atomic E-state index is 12.7. The van der Waals surface area contributed by atoms with Crippen LogP contribution < -0.4 is 5.32 Å². The molecule has 1 saturated heterocycles. The fourth-order valence-electron chi connectivity index (χ4n) is 3.94. The average Bonchev–Trinajstić information content (AvgIpc) is 3.16. The number of carbonyl (C=O) groups is 1. The Labute approximate surface area is 167 Å². The molecule has 1 atom stereocenters. The number of anilines is 1. The number of H-pyrrole nitrogens is 1. The Bertz CT molecular complexity index is 1000. The molecule has 3 heterocycles. The van der Waals surface area contributed by atoms with Crippen LogP contribution in [0.3, 0.4) is 0 Å². The van der Waals surface area contributed by atoms with Gasteiger partial charge in [-0.1, -0.05) is 17.2 Å². The number of aromatic nitrogens is 5. The summed E-state index contributed by atoms with van der Waals surface area (Å²) in [5.41, 5.74) is 2.19. The molecule has 1 saturated carbocycles. The van der Waals surface area contributed by atoms with E-state index in [-0.39, 0.29) is 11.9 Å². The Kier molecular flexibility index (Phi) is 4.30. The van der Waals surface area contributed by atoms with E-state index in [1.54, 1.807) is 0 Å². The van der Waals surface area contributed by atoms with Crippen LogP contribution in [0.5, 0.6) is 0 Å². The molecule has 2 aromatic heterocycles. The van der Waals surface area contributed by atoms with Gasteiger partial charge in [0.05, 0.1) is 0 Å². The van der Waals surface area contributed by atoms with Crippen LogP contribution in [-0.2, 0) is 4.79 Å². The Morgan fingerprint density at radius 3 is 2.69 bits per heavy atom. The van der Waals surface area contributed by atoms with E-state index in [4.69, 9.17) is 4.42 Å². The largest absolute Gasteiger partial charge is 0.403 e. The number of amides is 1. The molecular weight excluding hydrogens is 370 g/mol. The van der Waals surface area contributed by atoms with Crippen LogP contribution >= 0.6 is 0 Å². The molecule has 1 aliphatic carbocycles. The van der Waals surface area contributed by atoms with E-state index < -0.39 is 6.04 Å². The summed E-state index contributed by atoms with van der Waals surface area (Å²) < 4.78 is 5.74. The predicted molar refractivity (Wildman–Crippen MR) is 106 cm³/mol. The van der Waals surface area contributed by atoms with Crippen molar-refractivity contribution in [3.05, 3.63) is 30.6 Å². The molecule has 0 unspecified atom stereocenters. The van der Waals surface area contributed by atoms with Gasteiger partial charge in [-0.2, -0.15) is 0 Å². The number of piperidine rings is 1. The van der Waals surface area contributed by atoms with Crippen LogP contribution in [0.25, 0.3) is 22.8 Å². The highest BCUT2D eigenvalue weighted by molar-refractivity contribution is 5.83. The van der Waals surface area contributed by atoms with E-state index in [0.29, 0.717) is 17.1 Å². The topological polar surface area (TPSA) is 113 Å². The van der Waals surface area contributed by atoms with E-state index in [1.807, 2.05) is 36.1 Å². The van der Waals surface area contributed by atoms with Crippen molar-refractivity contribution in [3.8, 4) is 22.8 Å². The van der Waals surface area contributed by atoms with Gasteiger partial charge in [0.1, 0.15) is 12.4 Å². The maximum Gasteiger partial charge on any atom is 0.316 e. The van der Waals surface area contributed by atoms with Crippen LogP contribution in [-0.4, -0.2) is 55.3 Å². The van der Waals surface area contributed by atoms with E-state index >= 15 is 0 Å². The first-order valence-corrected chi connectivity index (χ1v) is 9.98. The third-order valence-corrected chi connectivity index (χ3v) is 6.03. The summed E-state index contributed by atoms with van der Waals surface area (Å²) in [6, 6.07) is 7.41. The number of benzene rings is 1. The van der Waals surface area contributed by atoms with Gasteiger partial charge in [0.2, 0.25) is 11.8 Å². The van der Waals surface area contributed by atoms with E-state index in [9.17, 15) is 4.79 Å². The van der Waals surface area contributed by atoms with Crippen LogP contribution in [0.2, 0.25) is 0 Å². The van der Waals surface area contributed by atoms with Gasteiger partial charge in [0.25, 0.3) is 0 Å². The molecule has 2 N–H and O–H groups in total. The first-order chi connectivity index (χ1) is 14.1. The molecule has 1 amide bonds. The summed E-state index contributed by atoms with van der Waals surface area (Å²) in [6.07, 6.45) is 6.42. The Morgan fingerprint density at radius 2 is 1.97 bits per heavy atom. The zero-order valence-corrected chi connectivity index (χ0v) is 16.3. The molecule has 2 fully saturated rings. The summed E-state index contributed by atoms with van der Waals surface area (Å²) in [7, 11) is 0. The lowest BCUT2D eigenvalue weighted by Crippen LogP contribution is -2.45. The van der Waals surface area contributed by atoms with Crippen LogP contribution in [0.1, 0.15) is 32.6 Å². The Hall–Kier alpha value is -3.23. The number of hydrogen-bond acceptors (Lipinski definition) is 7. The lowest BCUT2D eigenvalue weighted by molar-refractivity contribution is -0.133. The van der Waals surface area contributed by atoms with Gasteiger partial charge in [-0.15, -0.1) is 15.3 Å². The summed E-state index contributed by atoms with van der Waals surface area (Å²) in [6.45, 7) is 3.51. The lowest BCUT2D eigenvalue weighted by atomic mass is 9.93. The maximum atomic E-state index is 12.7. The minimum atomic E-state index is -0.419. The molecule has 5 rings (SSSR count). The standard InChI is InChI=1S/C20H23N7O2/c1-13(18(28)27-9-7-20(5-6-20)8-10-27)23-19-26-25-17(29-19)15-4-2-3-14(11-15)16-21-12-22-24-16/h2-4,11-13H,5-10H2,1H3,(H,23,26)(H,21,22,24)/t13-/m0/s1.